The van der Waals surface area contributed by atoms with Gasteiger partial charge in [-0.3, -0.25) is 9.59 Å². The number of anilines is 1. The van der Waals surface area contributed by atoms with E-state index < -0.39 is 23.4 Å². The van der Waals surface area contributed by atoms with Crippen molar-refractivity contribution in [3.8, 4) is 5.75 Å². The number of carbonyl (C=O) groups excluding carboxylic acids is 2. The number of rotatable bonds is 5. The number of amides is 2. The summed E-state index contributed by atoms with van der Waals surface area (Å²) in [5, 5.41) is 2.97. The third-order valence-electron chi connectivity index (χ3n) is 3.27. The number of halogens is 3. The van der Waals surface area contributed by atoms with Gasteiger partial charge in [0.05, 0.1) is 19.3 Å². The van der Waals surface area contributed by atoms with Gasteiger partial charge in [-0.2, -0.15) is 0 Å². The van der Waals surface area contributed by atoms with Crippen LogP contribution in [0.5, 0.6) is 5.75 Å². The van der Waals surface area contributed by atoms with Crippen LogP contribution >= 0.6 is 11.6 Å². The number of carbonyl (C=O) groups is 2. The third kappa shape index (κ3) is 4.90. The zero-order valence-electron chi connectivity index (χ0n) is 13.5. The van der Waals surface area contributed by atoms with Gasteiger partial charge in [0, 0.05) is 23.7 Å². The van der Waals surface area contributed by atoms with Crippen molar-refractivity contribution in [3.63, 3.8) is 0 Å². The van der Waals surface area contributed by atoms with Gasteiger partial charge in [0.15, 0.2) is 0 Å². The first-order chi connectivity index (χ1) is 11.8. The first-order valence-corrected chi connectivity index (χ1v) is 7.53. The predicted octanol–water partition coefficient (Wildman–Crippen LogP) is 3.34. The first kappa shape index (κ1) is 18.7. The molecule has 0 aliphatic rings. The molecule has 0 spiro atoms. The summed E-state index contributed by atoms with van der Waals surface area (Å²) in [5.41, 5.74) is 0.158. The number of likely N-dealkylation sites (N-methyl/N-ethyl adjacent to an activating group) is 1. The highest BCUT2D eigenvalue weighted by Crippen LogP contribution is 2.27. The molecule has 5 nitrogen and oxygen atoms in total. The molecule has 2 aromatic carbocycles. The molecule has 25 heavy (non-hydrogen) atoms. The van der Waals surface area contributed by atoms with Crippen LogP contribution < -0.4 is 10.1 Å². The van der Waals surface area contributed by atoms with Gasteiger partial charge in [-0.1, -0.05) is 11.6 Å². The molecule has 0 atom stereocenters. The van der Waals surface area contributed by atoms with E-state index in [-0.39, 0.29) is 12.1 Å². The lowest BCUT2D eigenvalue weighted by Crippen LogP contribution is -2.35. The maximum atomic E-state index is 13.2. The molecule has 132 valence electrons. The van der Waals surface area contributed by atoms with Gasteiger partial charge in [-0.15, -0.1) is 0 Å². The van der Waals surface area contributed by atoms with Crippen molar-refractivity contribution in [2.45, 2.75) is 0 Å². The fraction of sp³-hybridized carbons (Fsp3) is 0.176. The Morgan fingerprint density at radius 2 is 1.80 bits per heavy atom. The molecule has 0 saturated carbocycles. The monoisotopic (exact) mass is 368 g/mol. The van der Waals surface area contributed by atoms with Gasteiger partial charge in [0.2, 0.25) is 5.91 Å². The number of nitrogens with zero attached hydrogens (tertiary/aromatic N) is 1. The molecule has 0 unspecified atom stereocenters. The zero-order valence-corrected chi connectivity index (χ0v) is 14.2. The van der Waals surface area contributed by atoms with Crippen LogP contribution in [0, 0.1) is 11.6 Å². The quantitative estimate of drug-likeness (QED) is 0.880. The van der Waals surface area contributed by atoms with Gasteiger partial charge in [0.1, 0.15) is 17.4 Å². The second kappa shape index (κ2) is 7.94. The van der Waals surface area contributed by atoms with Crippen molar-refractivity contribution >= 4 is 29.1 Å². The highest BCUT2D eigenvalue weighted by Gasteiger charge is 2.17. The molecule has 0 saturated heterocycles. The molecule has 0 fully saturated rings. The van der Waals surface area contributed by atoms with Crippen LogP contribution in [-0.4, -0.2) is 37.4 Å². The molecule has 0 heterocycles. The molecular weight excluding hydrogens is 354 g/mol. The van der Waals surface area contributed by atoms with Gasteiger partial charge in [-0.05, 0) is 30.3 Å². The van der Waals surface area contributed by atoms with E-state index in [1.807, 2.05) is 0 Å². The summed E-state index contributed by atoms with van der Waals surface area (Å²) in [4.78, 5) is 25.3. The van der Waals surface area contributed by atoms with E-state index in [0.29, 0.717) is 22.5 Å². The van der Waals surface area contributed by atoms with Crippen molar-refractivity contribution in [2.75, 3.05) is 26.0 Å². The molecule has 0 aliphatic carbocycles. The van der Waals surface area contributed by atoms with Crippen molar-refractivity contribution < 1.29 is 23.1 Å². The van der Waals surface area contributed by atoms with Crippen LogP contribution in [0.4, 0.5) is 14.5 Å². The van der Waals surface area contributed by atoms with E-state index in [4.69, 9.17) is 16.3 Å². The Balaban J connectivity index is 2.07. The Morgan fingerprint density at radius 1 is 1.16 bits per heavy atom. The number of ether oxygens (including phenoxy) is 1. The summed E-state index contributed by atoms with van der Waals surface area (Å²) in [7, 11) is 2.78. The van der Waals surface area contributed by atoms with Crippen molar-refractivity contribution in [3.05, 3.63) is 58.6 Å². The van der Waals surface area contributed by atoms with Crippen LogP contribution in [0.2, 0.25) is 5.02 Å². The van der Waals surface area contributed by atoms with Crippen LogP contribution in [0.15, 0.2) is 36.4 Å². The number of hydrogen-bond donors (Lipinski definition) is 1. The lowest BCUT2D eigenvalue weighted by Gasteiger charge is -2.18. The second-order valence-corrected chi connectivity index (χ2v) is 5.65. The first-order valence-electron chi connectivity index (χ1n) is 7.15. The molecule has 0 radical (unpaired) electrons. The number of methoxy groups -OCH3 is 1. The van der Waals surface area contributed by atoms with Crippen LogP contribution in [-0.2, 0) is 4.79 Å². The maximum Gasteiger partial charge on any atom is 0.254 e. The SMILES string of the molecule is COc1ccc(Cl)cc1NC(=O)CN(C)C(=O)c1cc(F)cc(F)c1. The summed E-state index contributed by atoms with van der Waals surface area (Å²) in [5.74, 6) is -2.55. The zero-order chi connectivity index (χ0) is 18.6. The second-order valence-electron chi connectivity index (χ2n) is 5.21. The largest absolute Gasteiger partial charge is 0.495 e. The van der Waals surface area contributed by atoms with E-state index in [0.717, 1.165) is 17.0 Å². The predicted molar refractivity (Wildman–Crippen MR) is 90.0 cm³/mol. The molecule has 8 heteroatoms. The minimum Gasteiger partial charge on any atom is -0.495 e. The molecule has 2 aromatic rings. The summed E-state index contributed by atoms with van der Waals surface area (Å²) in [6.07, 6.45) is 0. The normalized spacial score (nSPS) is 10.3. The minimum atomic E-state index is -0.870. The average Bonchev–Trinajstić information content (AvgIpc) is 2.53. The Bertz CT molecular complexity index is 794. The fourth-order valence-corrected chi connectivity index (χ4v) is 2.32. The molecule has 1 N–H and O–H groups in total. The lowest BCUT2D eigenvalue weighted by atomic mass is 10.2. The minimum absolute atomic E-state index is 0.187. The summed E-state index contributed by atoms with van der Waals surface area (Å²) in [6, 6.07) is 7.16. The lowest BCUT2D eigenvalue weighted by molar-refractivity contribution is -0.116. The van der Waals surface area contributed by atoms with E-state index in [9.17, 15) is 18.4 Å². The van der Waals surface area contributed by atoms with Gasteiger partial charge < -0.3 is 15.0 Å². The highest BCUT2D eigenvalue weighted by molar-refractivity contribution is 6.31. The fourth-order valence-electron chi connectivity index (χ4n) is 2.15. The maximum absolute atomic E-state index is 13.2. The van der Waals surface area contributed by atoms with E-state index in [1.54, 1.807) is 12.1 Å². The molecule has 2 rings (SSSR count). The van der Waals surface area contributed by atoms with E-state index >= 15 is 0 Å². The molecule has 0 bridgehead atoms. The molecule has 0 aromatic heterocycles. The number of nitrogens with one attached hydrogen (secondary N) is 1. The van der Waals surface area contributed by atoms with Crippen LogP contribution in [0.25, 0.3) is 0 Å². The van der Waals surface area contributed by atoms with Crippen LogP contribution in [0.1, 0.15) is 10.4 Å². The van der Waals surface area contributed by atoms with E-state index in [2.05, 4.69) is 5.32 Å². The highest BCUT2D eigenvalue weighted by atomic mass is 35.5. The Hall–Kier alpha value is -2.67. The summed E-state index contributed by atoms with van der Waals surface area (Å²) >= 11 is 5.88. The average molecular weight is 369 g/mol. The van der Waals surface area contributed by atoms with Gasteiger partial charge >= 0.3 is 0 Å². The Labute approximate surface area is 148 Å². The number of benzene rings is 2. The number of hydrogen-bond acceptors (Lipinski definition) is 3. The van der Waals surface area contributed by atoms with Crippen molar-refractivity contribution in [2.24, 2.45) is 0 Å². The smallest absolute Gasteiger partial charge is 0.254 e. The van der Waals surface area contributed by atoms with Gasteiger partial charge in [0.25, 0.3) is 5.91 Å². The van der Waals surface area contributed by atoms with Crippen LogP contribution in [0.3, 0.4) is 0 Å². The Kier molecular flexibility index (Phi) is 5.93. The molecule has 2 amide bonds. The summed E-state index contributed by atoms with van der Waals surface area (Å²) in [6.45, 7) is -0.327. The molecular formula is C17H15ClF2N2O3. The van der Waals surface area contributed by atoms with Crippen molar-refractivity contribution in [1.29, 1.82) is 0 Å². The molecule has 0 aliphatic heterocycles. The van der Waals surface area contributed by atoms with E-state index in [1.165, 1.54) is 20.2 Å². The summed E-state index contributed by atoms with van der Waals surface area (Å²) < 4.78 is 31.5. The topological polar surface area (TPSA) is 58.6 Å². The third-order valence-corrected chi connectivity index (χ3v) is 3.51. The van der Waals surface area contributed by atoms with Gasteiger partial charge in [-0.25, -0.2) is 8.78 Å². The van der Waals surface area contributed by atoms with Crippen molar-refractivity contribution in [1.82, 2.24) is 4.90 Å². The Morgan fingerprint density at radius 3 is 2.40 bits per heavy atom. The standard InChI is InChI=1S/C17H15ClF2N2O3/c1-22(17(24)10-5-12(19)8-13(20)6-10)9-16(23)21-14-7-11(18)3-4-15(14)25-2/h3-8H,9H2,1-2H3,(H,21,23).